The number of piperidine rings is 1. The third-order valence-electron chi connectivity index (χ3n) is 5.57. The fourth-order valence-corrected chi connectivity index (χ4v) is 4.95. The molecule has 152 valence electrons. The minimum absolute atomic E-state index is 0.0492. The monoisotopic (exact) mass is 409 g/mol. The van der Waals surface area contributed by atoms with Crippen LogP contribution in [-0.2, 0) is 4.79 Å². The summed E-state index contributed by atoms with van der Waals surface area (Å²) >= 11 is 1.58. The van der Waals surface area contributed by atoms with E-state index >= 15 is 0 Å². The van der Waals surface area contributed by atoms with Crippen molar-refractivity contribution in [1.82, 2.24) is 14.8 Å². The lowest BCUT2D eigenvalue weighted by Gasteiger charge is -2.31. The molecule has 4 rings (SSSR count). The Balaban J connectivity index is 1.46. The summed E-state index contributed by atoms with van der Waals surface area (Å²) in [5.74, 6) is 0.0374. The van der Waals surface area contributed by atoms with Crippen LogP contribution in [0, 0.1) is 33.6 Å². The van der Waals surface area contributed by atoms with Gasteiger partial charge < -0.3 is 10.2 Å². The van der Waals surface area contributed by atoms with Crippen LogP contribution < -0.4 is 10.2 Å². The van der Waals surface area contributed by atoms with Crippen molar-refractivity contribution in [3.8, 4) is 5.13 Å². The van der Waals surface area contributed by atoms with E-state index in [1.54, 1.807) is 11.3 Å². The maximum Gasteiger partial charge on any atom is 0.229 e. The summed E-state index contributed by atoms with van der Waals surface area (Å²) in [6.07, 6.45) is 1.87. The lowest BCUT2D eigenvalue weighted by atomic mass is 9.97. The molecule has 6 nitrogen and oxygen atoms in total. The minimum Gasteiger partial charge on any atom is -0.346 e. The highest BCUT2D eigenvalue weighted by molar-refractivity contribution is 7.17. The first-order valence-corrected chi connectivity index (χ1v) is 10.9. The summed E-state index contributed by atoms with van der Waals surface area (Å²) in [6.45, 7) is 9.82. The van der Waals surface area contributed by atoms with Crippen LogP contribution in [0.1, 0.15) is 35.4 Å². The van der Waals surface area contributed by atoms with Gasteiger partial charge in [-0.25, -0.2) is 0 Å². The number of benzene rings is 1. The number of nitrogens with zero attached hydrogens (tertiary/aromatic N) is 4. The molecular formula is C22H27N5OS. The Kier molecular flexibility index (Phi) is 5.41. The van der Waals surface area contributed by atoms with Crippen molar-refractivity contribution in [2.24, 2.45) is 5.92 Å². The van der Waals surface area contributed by atoms with Gasteiger partial charge in [-0.05, 0) is 64.3 Å². The number of amides is 1. The van der Waals surface area contributed by atoms with E-state index in [1.807, 2.05) is 19.1 Å². The summed E-state index contributed by atoms with van der Waals surface area (Å²) in [7, 11) is 0. The zero-order valence-corrected chi connectivity index (χ0v) is 18.2. The molecule has 0 unspecified atom stereocenters. The van der Waals surface area contributed by atoms with Gasteiger partial charge in [0.15, 0.2) is 0 Å². The smallest absolute Gasteiger partial charge is 0.229 e. The molecule has 7 heteroatoms. The molecule has 0 spiro atoms. The van der Waals surface area contributed by atoms with Crippen LogP contribution in [0.4, 0.5) is 10.8 Å². The lowest BCUT2D eigenvalue weighted by Crippen LogP contribution is -2.40. The first-order valence-electron chi connectivity index (χ1n) is 10.0. The Bertz CT molecular complexity index is 1020. The molecule has 1 aliphatic rings. The molecule has 29 heavy (non-hydrogen) atoms. The maximum atomic E-state index is 12.9. The largest absolute Gasteiger partial charge is 0.346 e. The number of anilines is 2. The average Bonchev–Trinajstić information content (AvgIpc) is 3.30. The second-order valence-corrected chi connectivity index (χ2v) is 8.85. The van der Waals surface area contributed by atoms with E-state index in [0.29, 0.717) is 6.54 Å². The summed E-state index contributed by atoms with van der Waals surface area (Å²) < 4.78 is 2.12. The van der Waals surface area contributed by atoms with Crippen molar-refractivity contribution in [3.05, 3.63) is 52.8 Å². The number of aryl methyl sites for hydroxylation is 4. The Labute approximate surface area is 175 Å². The maximum absolute atomic E-state index is 12.9. The van der Waals surface area contributed by atoms with E-state index in [4.69, 9.17) is 0 Å². The number of carbonyl (C=O) groups excluding carboxylic acids is 1. The van der Waals surface area contributed by atoms with Gasteiger partial charge in [-0.1, -0.05) is 29.0 Å². The van der Waals surface area contributed by atoms with Gasteiger partial charge in [-0.2, -0.15) is 0 Å². The molecule has 1 fully saturated rings. The fourth-order valence-electron chi connectivity index (χ4n) is 3.95. The summed E-state index contributed by atoms with van der Waals surface area (Å²) in [5.41, 5.74) is 5.49. The van der Waals surface area contributed by atoms with Crippen LogP contribution in [0.15, 0.2) is 30.3 Å². The quantitative estimate of drug-likeness (QED) is 0.693. The summed E-state index contributed by atoms with van der Waals surface area (Å²) in [5, 5.41) is 13.7. The van der Waals surface area contributed by atoms with Crippen LogP contribution in [-0.4, -0.2) is 33.8 Å². The number of hydrogen-bond donors (Lipinski definition) is 1. The van der Waals surface area contributed by atoms with Gasteiger partial charge in [0.25, 0.3) is 0 Å². The third kappa shape index (κ3) is 4.05. The van der Waals surface area contributed by atoms with Crippen molar-refractivity contribution in [1.29, 1.82) is 0 Å². The lowest BCUT2D eigenvalue weighted by molar-refractivity contribution is -0.120. The molecule has 1 atom stereocenters. The molecule has 0 saturated carbocycles. The molecule has 1 aromatic carbocycles. The van der Waals surface area contributed by atoms with Crippen molar-refractivity contribution in [2.75, 3.05) is 23.3 Å². The Morgan fingerprint density at radius 3 is 2.52 bits per heavy atom. The highest BCUT2D eigenvalue weighted by Gasteiger charge is 2.28. The number of aromatic nitrogens is 3. The minimum atomic E-state index is -0.0492. The average molecular weight is 410 g/mol. The Morgan fingerprint density at radius 1 is 1.07 bits per heavy atom. The fraction of sp³-hybridized carbons (Fsp3) is 0.409. The first-order chi connectivity index (χ1) is 13.9. The Morgan fingerprint density at radius 2 is 1.79 bits per heavy atom. The second-order valence-electron chi connectivity index (χ2n) is 7.91. The van der Waals surface area contributed by atoms with Crippen LogP contribution >= 0.6 is 11.3 Å². The first kappa shape index (κ1) is 19.6. The van der Waals surface area contributed by atoms with E-state index in [0.717, 1.165) is 52.3 Å². The molecule has 1 amide bonds. The second kappa shape index (κ2) is 7.99. The predicted molar refractivity (Wildman–Crippen MR) is 118 cm³/mol. The number of rotatable bonds is 4. The molecule has 3 heterocycles. The number of carbonyl (C=O) groups is 1. The van der Waals surface area contributed by atoms with Crippen LogP contribution in [0.5, 0.6) is 0 Å². The Hall–Kier alpha value is -2.67. The molecule has 1 aliphatic heterocycles. The molecule has 3 aromatic rings. The number of nitrogens with one attached hydrogen (secondary N) is 1. The normalized spacial score (nSPS) is 16.8. The van der Waals surface area contributed by atoms with E-state index < -0.39 is 0 Å². The highest BCUT2D eigenvalue weighted by atomic mass is 32.1. The van der Waals surface area contributed by atoms with E-state index in [-0.39, 0.29) is 11.8 Å². The van der Waals surface area contributed by atoms with Gasteiger partial charge in [-0.3, -0.25) is 9.36 Å². The zero-order chi connectivity index (χ0) is 20.5. The van der Waals surface area contributed by atoms with Crippen LogP contribution in [0.2, 0.25) is 0 Å². The highest BCUT2D eigenvalue weighted by Crippen LogP contribution is 2.30. The van der Waals surface area contributed by atoms with E-state index in [2.05, 4.69) is 64.0 Å². The van der Waals surface area contributed by atoms with Gasteiger partial charge in [-0.15, -0.1) is 10.2 Å². The summed E-state index contributed by atoms with van der Waals surface area (Å²) in [6, 6.07) is 10.3. The standard InChI is InChI=1S/C22H27N5OS/c1-14-7-10-19(15(2)12-14)23-20(28)18-6-5-11-26(13-18)21-24-25-22(29-21)27-16(3)8-9-17(27)4/h7-10,12,18H,5-6,11,13H2,1-4H3,(H,23,28)/t18-/m0/s1. The van der Waals surface area contributed by atoms with Gasteiger partial charge in [0, 0.05) is 30.2 Å². The number of hydrogen-bond acceptors (Lipinski definition) is 5. The zero-order valence-electron chi connectivity index (χ0n) is 17.4. The molecule has 0 radical (unpaired) electrons. The molecule has 1 N–H and O–H groups in total. The molecule has 0 bridgehead atoms. The van der Waals surface area contributed by atoms with Crippen molar-refractivity contribution < 1.29 is 4.79 Å². The van der Waals surface area contributed by atoms with E-state index in [9.17, 15) is 4.79 Å². The third-order valence-corrected chi connectivity index (χ3v) is 6.54. The van der Waals surface area contributed by atoms with Crippen LogP contribution in [0.3, 0.4) is 0 Å². The molecule has 0 aliphatic carbocycles. The SMILES string of the molecule is Cc1ccc(NC(=O)[C@H]2CCCN(c3nnc(-n4c(C)ccc4C)s3)C2)c(C)c1. The van der Waals surface area contributed by atoms with Gasteiger partial charge in [0.1, 0.15) is 0 Å². The molecular weight excluding hydrogens is 382 g/mol. The predicted octanol–water partition coefficient (Wildman–Crippen LogP) is 4.42. The molecule has 2 aromatic heterocycles. The van der Waals surface area contributed by atoms with Crippen molar-refractivity contribution in [2.45, 2.75) is 40.5 Å². The molecule has 1 saturated heterocycles. The van der Waals surface area contributed by atoms with Crippen molar-refractivity contribution in [3.63, 3.8) is 0 Å². The van der Waals surface area contributed by atoms with Gasteiger partial charge in [0.05, 0.1) is 5.92 Å². The van der Waals surface area contributed by atoms with Gasteiger partial charge >= 0.3 is 0 Å². The van der Waals surface area contributed by atoms with Crippen molar-refractivity contribution >= 4 is 28.1 Å². The van der Waals surface area contributed by atoms with Crippen LogP contribution in [0.25, 0.3) is 5.13 Å². The van der Waals surface area contributed by atoms with E-state index in [1.165, 1.54) is 5.56 Å². The topological polar surface area (TPSA) is 63.1 Å². The summed E-state index contributed by atoms with van der Waals surface area (Å²) in [4.78, 5) is 15.1. The van der Waals surface area contributed by atoms with Gasteiger partial charge in [0.2, 0.25) is 16.2 Å².